The molecule has 0 saturated carbocycles. The molecule has 4 atom stereocenters. The molecule has 0 amide bonds. The van der Waals surface area contributed by atoms with Crippen LogP contribution in [0.4, 0.5) is 0 Å². The molecule has 0 bridgehead atoms. The summed E-state index contributed by atoms with van der Waals surface area (Å²) in [5.41, 5.74) is -1.12. The average molecular weight is 453 g/mol. The number of phosphoric acid groups is 1. The summed E-state index contributed by atoms with van der Waals surface area (Å²) in [6.07, 6.45) is -3.51. The van der Waals surface area contributed by atoms with Gasteiger partial charge in [0.25, 0.3) is 5.56 Å². The van der Waals surface area contributed by atoms with Crippen LogP contribution in [0.15, 0.2) is 15.8 Å². The number of ether oxygens (including phenoxy) is 3. The monoisotopic (exact) mass is 453 g/mol. The van der Waals surface area contributed by atoms with Gasteiger partial charge in [-0.1, -0.05) is 0 Å². The molecule has 2 heterocycles. The molecule has 14 heteroatoms. The fraction of sp³-hybridized carbons (Fsp3) is 0.750. The van der Waals surface area contributed by atoms with Crippen molar-refractivity contribution in [2.24, 2.45) is 0 Å². The maximum absolute atomic E-state index is 12.2. The van der Waals surface area contributed by atoms with Crippen molar-refractivity contribution in [3.05, 3.63) is 32.6 Å². The summed E-state index contributed by atoms with van der Waals surface area (Å²) in [5, 5.41) is 10.5. The number of phosphoric ester groups is 1. The number of hydrogen-bond acceptors (Lipinski definition) is 9. The van der Waals surface area contributed by atoms with Crippen molar-refractivity contribution in [2.75, 3.05) is 47.1 Å². The van der Waals surface area contributed by atoms with Crippen molar-refractivity contribution in [1.82, 2.24) is 14.5 Å². The van der Waals surface area contributed by atoms with E-state index in [1.54, 1.807) is 0 Å². The molecule has 1 aliphatic heterocycles. The molecular weight excluding hydrogens is 425 g/mol. The SMILES string of the molecule is Cc1cn([C@@H]2O[C@H](COP(=O)(O)O)[C@@H](O)[C@H]2OCCOCCN(C)C)c(=O)[nH]c1=O. The number of likely N-dealkylation sites (N-methyl/N-ethyl adjacent to an activating group) is 1. The second kappa shape index (κ2) is 10.8. The van der Waals surface area contributed by atoms with E-state index in [1.807, 2.05) is 19.0 Å². The number of aliphatic hydroxyl groups excluding tert-OH is 1. The molecule has 1 saturated heterocycles. The summed E-state index contributed by atoms with van der Waals surface area (Å²) in [7, 11) is -0.988. The van der Waals surface area contributed by atoms with Crippen molar-refractivity contribution in [3.8, 4) is 0 Å². The van der Waals surface area contributed by atoms with Crippen LogP contribution in [0.5, 0.6) is 0 Å². The highest BCUT2D eigenvalue weighted by molar-refractivity contribution is 7.46. The Balaban J connectivity index is 2.12. The lowest BCUT2D eigenvalue weighted by Crippen LogP contribution is -2.40. The molecule has 0 aromatic carbocycles. The second-order valence-electron chi connectivity index (χ2n) is 7.07. The third kappa shape index (κ3) is 7.08. The molecule has 1 aliphatic rings. The van der Waals surface area contributed by atoms with E-state index in [2.05, 4.69) is 9.51 Å². The van der Waals surface area contributed by atoms with Gasteiger partial charge in [0.2, 0.25) is 0 Å². The fourth-order valence-corrected chi connectivity index (χ4v) is 3.14. The van der Waals surface area contributed by atoms with Gasteiger partial charge in [0.15, 0.2) is 6.23 Å². The van der Waals surface area contributed by atoms with Crippen LogP contribution in [-0.4, -0.2) is 94.7 Å². The van der Waals surface area contributed by atoms with Crippen molar-refractivity contribution in [3.63, 3.8) is 0 Å². The minimum absolute atomic E-state index is 0.0676. The van der Waals surface area contributed by atoms with E-state index < -0.39 is 50.2 Å². The fourth-order valence-electron chi connectivity index (χ4n) is 2.80. The van der Waals surface area contributed by atoms with Gasteiger partial charge in [0.05, 0.1) is 26.4 Å². The largest absolute Gasteiger partial charge is 0.469 e. The highest BCUT2D eigenvalue weighted by atomic mass is 31.2. The zero-order valence-electron chi connectivity index (χ0n) is 17.0. The Morgan fingerprint density at radius 3 is 2.60 bits per heavy atom. The van der Waals surface area contributed by atoms with Gasteiger partial charge in [-0.25, -0.2) is 9.36 Å². The Bertz CT molecular complexity index is 850. The number of nitrogens with zero attached hydrogens (tertiary/aromatic N) is 2. The Morgan fingerprint density at radius 1 is 1.27 bits per heavy atom. The third-order valence-electron chi connectivity index (χ3n) is 4.36. The van der Waals surface area contributed by atoms with Gasteiger partial charge in [-0.05, 0) is 21.0 Å². The van der Waals surface area contributed by atoms with Gasteiger partial charge in [-0.3, -0.25) is 18.9 Å². The van der Waals surface area contributed by atoms with Crippen LogP contribution in [0.1, 0.15) is 11.8 Å². The molecule has 2 rings (SSSR count). The first-order valence-electron chi connectivity index (χ1n) is 9.19. The lowest BCUT2D eigenvalue weighted by Gasteiger charge is -2.22. The number of aromatic amines is 1. The molecule has 4 N–H and O–H groups in total. The number of aryl methyl sites for hydroxylation is 1. The molecule has 1 aromatic heterocycles. The first kappa shape index (κ1) is 24.9. The van der Waals surface area contributed by atoms with Gasteiger partial charge in [0.1, 0.15) is 18.3 Å². The van der Waals surface area contributed by atoms with E-state index in [-0.39, 0.29) is 18.8 Å². The zero-order valence-corrected chi connectivity index (χ0v) is 17.9. The molecule has 13 nitrogen and oxygen atoms in total. The molecule has 0 spiro atoms. The minimum Gasteiger partial charge on any atom is -0.387 e. The van der Waals surface area contributed by atoms with Crippen LogP contribution in [-0.2, 0) is 23.3 Å². The maximum Gasteiger partial charge on any atom is 0.469 e. The quantitative estimate of drug-likeness (QED) is 0.219. The van der Waals surface area contributed by atoms with E-state index in [1.165, 1.54) is 13.1 Å². The maximum atomic E-state index is 12.2. The summed E-state index contributed by atoms with van der Waals surface area (Å²) in [6, 6.07) is 0. The first-order valence-corrected chi connectivity index (χ1v) is 10.7. The summed E-state index contributed by atoms with van der Waals surface area (Å²) in [4.78, 5) is 45.7. The molecule has 172 valence electrons. The number of aromatic nitrogens is 2. The van der Waals surface area contributed by atoms with E-state index in [0.29, 0.717) is 13.2 Å². The summed E-state index contributed by atoms with van der Waals surface area (Å²) in [6.45, 7) is 2.33. The van der Waals surface area contributed by atoms with E-state index in [0.717, 1.165) is 4.57 Å². The lowest BCUT2D eigenvalue weighted by atomic mass is 10.1. The molecular formula is C16H28N3O10P. The topological polar surface area (TPSA) is 173 Å². The summed E-state index contributed by atoms with van der Waals surface area (Å²) in [5.74, 6) is 0. The Hall–Kier alpha value is -1.41. The number of hydrogen-bond donors (Lipinski definition) is 4. The van der Waals surface area contributed by atoms with Crippen LogP contribution in [0.2, 0.25) is 0 Å². The van der Waals surface area contributed by atoms with E-state index in [4.69, 9.17) is 24.0 Å². The van der Waals surface area contributed by atoms with Gasteiger partial charge >= 0.3 is 13.5 Å². The van der Waals surface area contributed by atoms with Crippen molar-refractivity contribution < 1.29 is 38.2 Å². The van der Waals surface area contributed by atoms with Crippen molar-refractivity contribution in [2.45, 2.75) is 31.5 Å². The standard InChI is InChI=1S/C16H28N3O10P/c1-10-8-19(16(22)17-14(10)21)15-13(27-7-6-26-5-4-18(2)3)12(20)11(29-15)9-28-30(23,24)25/h8,11-13,15,20H,4-7,9H2,1-3H3,(H,17,21,22)(H2,23,24,25)/t11-,12-,13-,15-/m1/s1. The number of nitrogens with one attached hydrogen (secondary N) is 1. The smallest absolute Gasteiger partial charge is 0.387 e. The second-order valence-corrected chi connectivity index (χ2v) is 8.31. The average Bonchev–Trinajstić information content (AvgIpc) is 2.94. The molecule has 0 unspecified atom stereocenters. The first-order chi connectivity index (χ1) is 14.0. The van der Waals surface area contributed by atoms with Crippen LogP contribution in [0.25, 0.3) is 0 Å². The zero-order chi connectivity index (χ0) is 22.5. The van der Waals surface area contributed by atoms with Crippen LogP contribution >= 0.6 is 7.82 Å². The van der Waals surface area contributed by atoms with Crippen molar-refractivity contribution in [1.29, 1.82) is 0 Å². The minimum atomic E-state index is -4.79. The van der Waals surface area contributed by atoms with Crippen LogP contribution in [0, 0.1) is 6.92 Å². The van der Waals surface area contributed by atoms with Gasteiger partial charge in [0, 0.05) is 18.3 Å². The van der Waals surface area contributed by atoms with E-state index >= 15 is 0 Å². The molecule has 0 aliphatic carbocycles. The number of aliphatic hydroxyl groups is 1. The molecule has 30 heavy (non-hydrogen) atoms. The molecule has 1 fully saturated rings. The Kier molecular flexibility index (Phi) is 8.91. The number of H-pyrrole nitrogens is 1. The number of rotatable bonds is 11. The highest BCUT2D eigenvalue weighted by Gasteiger charge is 2.46. The predicted molar refractivity (Wildman–Crippen MR) is 103 cm³/mol. The highest BCUT2D eigenvalue weighted by Crippen LogP contribution is 2.38. The van der Waals surface area contributed by atoms with Gasteiger partial charge in [-0.2, -0.15) is 0 Å². The predicted octanol–water partition coefficient (Wildman–Crippen LogP) is -1.82. The van der Waals surface area contributed by atoms with Crippen LogP contribution in [0.3, 0.4) is 0 Å². The summed E-state index contributed by atoms with van der Waals surface area (Å²) < 4.78 is 33.1. The molecule has 1 aromatic rings. The normalized spacial score (nSPS) is 24.6. The van der Waals surface area contributed by atoms with Gasteiger partial charge < -0.3 is 34.0 Å². The third-order valence-corrected chi connectivity index (χ3v) is 4.85. The summed E-state index contributed by atoms with van der Waals surface area (Å²) >= 11 is 0. The van der Waals surface area contributed by atoms with Gasteiger partial charge in [-0.15, -0.1) is 0 Å². The van der Waals surface area contributed by atoms with Crippen molar-refractivity contribution >= 4 is 7.82 Å². The Morgan fingerprint density at radius 2 is 1.97 bits per heavy atom. The lowest BCUT2D eigenvalue weighted by molar-refractivity contribution is -0.0845. The molecule has 0 radical (unpaired) electrons. The van der Waals surface area contributed by atoms with E-state index in [9.17, 15) is 19.3 Å². The van der Waals surface area contributed by atoms with Crippen LogP contribution < -0.4 is 11.2 Å². The Labute approximate surface area is 172 Å².